The van der Waals surface area contributed by atoms with Gasteiger partial charge in [-0.05, 0) is 5.56 Å². The number of hydrogen-bond donors (Lipinski definition) is 2. The number of halogens is 1. The van der Waals surface area contributed by atoms with Crippen molar-refractivity contribution in [2.45, 2.75) is 0 Å². The highest BCUT2D eigenvalue weighted by atomic mass is 35.5. The third-order valence-corrected chi connectivity index (χ3v) is 5.34. The van der Waals surface area contributed by atoms with Crippen LogP contribution >= 0.6 is 11.6 Å². The summed E-state index contributed by atoms with van der Waals surface area (Å²) in [6, 6.07) is 21.6. The van der Waals surface area contributed by atoms with Crippen LogP contribution in [0.25, 0.3) is 22.4 Å². The minimum absolute atomic E-state index is 0.0778. The fourth-order valence-corrected chi connectivity index (χ4v) is 3.73. The highest BCUT2D eigenvalue weighted by Gasteiger charge is 2.24. The lowest BCUT2D eigenvalue weighted by atomic mass is 9.95. The van der Waals surface area contributed by atoms with Crippen LogP contribution in [0.4, 0.5) is 5.69 Å². The Morgan fingerprint density at radius 2 is 1.52 bits per heavy atom. The predicted octanol–water partition coefficient (Wildman–Crippen LogP) is 5.03. The zero-order chi connectivity index (χ0) is 23.4. The molecule has 4 aromatic rings. The number of aromatic nitrogens is 2. The first-order valence-electron chi connectivity index (χ1n) is 10.00. The second kappa shape index (κ2) is 9.58. The van der Waals surface area contributed by atoms with Crippen molar-refractivity contribution < 1.29 is 14.3 Å². The SMILES string of the molecule is COc1cc(NC(=O)c2c(-c3ccccc3)c(-c3ccccc3)n[nH]c2=O)c(OC)cc1Cl. The number of aromatic amines is 1. The van der Waals surface area contributed by atoms with Crippen molar-refractivity contribution in [1.29, 1.82) is 0 Å². The molecule has 0 atom stereocenters. The molecule has 0 aliphatic heterocycles. The van der Waals surface area contributed by atoms with Crippen molar-refractivity contribution in [2.75, 3.05) is 19.5 Å². The second-order valence-electron chi connectivity index (χ2n) is 7.02. The van der Waals surface area contributed by atoms with E-state index in [4.69, 9.17) is 21.1 Å². The highest BCUT2D eigenvalue weighted by molar-refractivity contribution is 6.32. The molecule has 166 valence electrons. The number of anilines is 1. The third kappa shape index (κ3) is 4.44. The summed E-state index contributed by atoms with van der Waals surface area (Å²) in [7, 11) is 2.92. The van der Waals surface area contributed by atoms with E-state index >= 15 is 0 Å². The number of hydrogen-bond acceptors (Lipinski definition) is 5. The van der Waals surface area contributed by atoms with Crippen molar-refractivity contribution in [3.05, 3.63) is 93.7 Å². The Morgan fingerprint density at radius 1 is 0.909 bits per heavy atom. The molecule has 0 aliphatic rings. The molecular formula is C25H20ClN3O4. The normalized spacial score (nSPS) is 10.5. The average Bonchev–Trinajstić information content (AvgIpc) is 2.85. The van der Waals surface area contributed by atoms with Crippen LogP contribution in [0.3, 0.4) is 0 Å². The standard InChI is InChI=1S/C25H20ClN3O4/c1-32-19-14-18(20(33-2)13-17(19)26)27-24(30)22-21(15-9-5-3-6-10-15)23(28-29-25(22)31)16-11-7-4-8-12-16/h3-14H,1-2H3,(H,27,30)(H,29,31). The Morgan fingerprint density at radius 3 is 2.12 bits per heavy atom. The monoisotopic (exact) mass is 461 g/mol. The van der Waals surface area contributed by atoms with Gasteiger partial charge >= 0.3 is 0 Å². The number of carbonyl (C=O) groups is 1. The van der Waals surface area contributed by atoms with Gasteiger partial charge in [0.2, 0.25) is 0 Å². The Labute approximate surface area is 195 Å². The number of ether oxygens (including phenoxy) is 2. The number of carbonyl (C=O) groups excluding carboxylic acids is 1. The van der Waals surface area contributed by atoms with Crippen LogP contribution < -0.4 is 20.3 Å². The zero-order valence-electron chi connectivity index (χ0n) is 17.9. The fraction of sp³-hybridized carbons (Fsp3) is 0.0800. The smallest absolute Gasteiger partial charge is 0.277 e. The van der Waals surface area contributed by atoms with Gasteiger partial charge in [-0.1, -0.05) is 72.3 Å². The first kappa shape index (κ1) is 22.1. The van der Waals surface area contributed by atoms with Gasteiger partial charge in [-0.2, -0.15) is 5.10 Å². The first-order chi connectivity index (χ1) is 16.0. The Bertz CT molecular complexity index is 1360. The minimum Gasteiger partial charge on any atom is -0.495 e. The summed E-state index contributed by atoms with van der Waals surface area (Å²) in [6.45, 7) is 0. The maximum absolute atomic E-state index is 13.5. The van der Waals surface area contributed by atoms with E-state index in [1.807, 2.05) is 60.7 Å². The second-order valence-corrected chi connectivity index (χ2v) is 7.43. The molecule has 0 spiro atoms. The summed E-state index contributed by atoms with van der Waals surface area (Å²) in [5.74, 6) is 0.0474. The molecule has 3 aromatic carbocycles. The van der Waals surface area contributed by atoms with Gasteiger partial charge in [-0.3, -0.25) is 9.59 Å². The summed E-state index contributed by atoms with van der Waals surface area (Å²) in [6.07, 6.45) is 0. The molecule has 1 amide bonds. The number of rotatable bonds is 6. The summed E-state index contributed by atoms with van der Waals surface area (Å²) in [5.41, 5.74) is 1.94. The van der Waals surface area contributed by atoms with Gasteiger partial charge in [0.1, 0.15) is 17.1 Å². The number of nitrogens with one attached hydrogen (secondary N) is 2. The van der Waals surface area contributed by atoms with Gasteiger partial charge in [0.15, 0.2) is 0 Å². The van der Waals surface area contributed by atoms with Crippen molar-refractivity contribution in [2.24, 2.45) is 0 Å². The van der Waals surface area contributed by atoms with E-state index in [9.17, 15) is 9.59 Å². The molecule has 0 fully saturated rings. The lowest BCUT2D eigenvalue weighted by Crippen LogP contribution is -2.26. The molecule has 1 aromatic heterocycles. The van der Waals surface area contributed by atoms with Gasteiger partial charge < -0.3 is 14.8 Å². The summed E-state index contributed by atoms with van der Waals surface area (Å²) in [5, 5.41) is 9.81. The quantitative estimate of drug-likeness (QED) is 0.420. The Hall–Kier alpha value is -4.10. The van der Waals surface area contributed by atoms with Crippen LogP contribution in [-0.4, -0.2) is 30.3 Å². The van der Waals surface area contributed by atoms with Gasteiger partial charge in [0.25, 0.3) is 11.5 Å². The van der Waals surface area contributed by atoms with Crippen LogP contribution in [0.2, 0.25) is 5.02 Å². The van der Waals surface area contributed by atoms with E-state index in [2.05, 4.69) is 15.5 Å². The maximum Gasteiger partial charge on any atom is 0.277 e. The molecule has 0 bridgehead atoms. The van der Waals surface area contributed by atoms with Gasteiger partial charge in [-0.25, -0.2) is 5.10 Å². The average molecular weight is 462 g/mol. The van der Waals surface area contributed by atoms with Crippen LogP contribution in [0.1, 0.15) is 10.4 Å². The van der Waals surface area contributed by atoms with E-state index in [0.717, 1.165) is 5.56 Å². The van der Waals surface area contributed by atoms with Crippen LogP contribution in [-0.2, 0) is 0 Å². The molecule has 0 saturated carbocycles. The van der Waals surface area contributed by atoms with E-state index in [-0.39, 0.29) is 5.56 Å². The Kier molecular flexibility index (Phi) is 6.42. The molecule has 2 N–H and O–H groups in total. The molecule has 7 nitrogen and oxygen atoms in total. The number of amides is 1. The topological polar surface area (TPSA) is 93.3 Å². The largest absolute Gasteiger partial charge is 0.495 e. The summed E-state index contributed by atoms with van der Waals surface area (Å²) >= 11 is 6.17. The molecule has 1 heterocycles. The molecule has 33 heavy (non-hydrogen) atoms. The number of methoxy groups -OCH3 is 2. The lowest BCUT2D eigenvalue weighted by molar-refractivity contribution is 0.102. The minimum atomic E-state index is -0.627. The first-order valence-corrected chi connectivity index (χ1v) is 10.4. The summed E-state index contributed by atoms with van der Waals surface area (Å²) < 4.78 is 10.6. The van der Waals surface area contributed by atoms with E-state index in [1.165, 1.54) is 26.4 Å². The van der Waals surface area contributed by atoms with E-state index in [1.54, 1.807) is 0 Å². The van der Waals surface area contributed by atoms with Crippen molar-refractivity contribution in [3.63, 3.8) is 0 Å². The van der Waals surface area contributed by atoms with E-state index < -0.39 is 11.5 Å². The van der Waals surface area contributed by atoms with Gasteiger partial charge in [0, 0.05) is 23.3 Å². The molecule has 4 rings (SSSR count). The fourth-order valence-electron chi connectivity index (χ4n) is 3.50. The third-order valence-electron chi connectivity index (χ3n) is 5.04. The van der Waals surface area contributed by atoms with E-state index in [0.29, 0.717) is 39.0 Å². The van der Waals surface area contributed by atoms with Crippen LogP contribution in [0, 0.1) is 0 Å². The predicted molar refractivity (Wildman–Crippen MR) is 128 cm³/mol. The molecular weight excluding hydrogens is 442 g/mol. The number of benzene rings is 3. The highest BCUT2D eigenvalue weighted by Crippen LogP contribution is 2.37. The zero-order valence-corrected chi connectivity index (χ0v) is 18.6. The molecule has 0 radical (unpaired) electrons. The van der Waals surface area contributed by atoms with Gasteiger partial charge in [0.05, 0.1) is 30.6 Å². The summed E-state index contributed by atoms with van der Waals surface area (Å²) in [4.78, 5) is 26.4. The number of nitrogens with zero attached hydrogens (tertiary/aromatic N) is 1. The van der Waals surface area contributed by atoms with Gasteiger partial charge in [-0.15, -0.1) is 0 Å². The van der Waals surface area contributed by atoms with Crippen molar-refractivity contribution >= 4 is 23.2 Å². The van der Waals surface area contributed by atoms with Crippen LogP contribution in [0.15, 0.2) is 77.6 Å². The van der Waals surface area contributed by atoms with Crippen molar-refractivity contribution in [3.8, 4) is 33.9 Å². The van der Waals surface area contributed by atoms with Crippen LogP contribution in [0.5, 0.6) is 11.5 Å². The molecule has 0 aliphatic carbocycles. The van der Waals surface area contributed by atoms with Crippen molar-refractivity contribution in [1.82, 2.24) is 10.2 Å². The maximum atomic E-state index is 13.5. The molecule has 8 heteroatoms. The Balaban J connectivity index is 1.90. The lowest BCUT2D eigenvalue weighted by Gasteiger charge is -2.16. The molecule has 0 unspecified atom stereocenters. The number of H-pyrrole nitrogens is 1. The molecule has 0 saturated heterocycles.